The highest BCUT2D eigenvalue weighted by atomic mass is 32.1. The molecule has 17 heavy (non-hydrogen) atoms. The highest BCUT2D eigenvalue weighted by molar-refractivity contribution is 7.13. The van der Waals surface area contributed by atoms with Crippen LogP contribution >= 0.6 is 11.3 Å². The second-order valence-corrected chi connectivity index (χ2v) is 3.91. The Morgan fingerprint density at radius 3 is 2.65 bits per heavy atom. The van der Waals surface area contributed by atoms with Crippen LogP contribution in [0.4, 0.5) is 18.3 Å². The summed E-state index contributed by atoms with van der Waals surface area (Å²) in [6, 6.07) is 1.56. The van der Waals surface area contributed by atoms with Gasteiger partial charge in [-0.05, 0) is 12.1 Å². The molecule has 7 heteroatoms. The normalized spacial score (nSPS) is 10.3. The fourth-order valence-corrected chi connectivity index (χ4v) is 1.67. The molecule has 0 bridgehead atoms. The number of halogens is 3. The van der Waals surface area contributed by atoms with E-state index in [-0.39, 0.29) is 5.13 Å². The van der Waals surface area contributed by atoms with E-state index in [1.165, 1.54) is 6.20 Å². The van der Waals surface area contributed by atoms with E-state index in [1.54, 1.807) is 5.38 Å². The summed E-state index contributed by atoms with van der Waals surface area (Å²) in [7, 11) is 0. The fraction of sp³-hybridized carbons (Fsp3) is 0. The number of carbonyl (C=O) groups is 1. The van der Waals surface area contributed by atoms with Crippen molar-refractivity contribution in [1.82, 2.24) is 4.98 Å². The third-order valence-electron chi connectivity index (χ3n) is 1.93. The van der Waals surface area contributed by atoms with E-state index in [0.717, 1.165) is 17.4 Å². The number of benzene rings is 1. The van der Waals surface area contributed by atoms with E-state index in [4.69, 9.17) is 0 Å². The Morgan fingerprint density at radius 2 is 2.00 bits per heavy atom. The second kappa shape index (κ2) is 4.54. The molecule has 0 aliphatic heterocycles. The minimum atomic E-state index is -1.67. The van der Waals surface area contributed by atoms with Gasteiger partial charge in [0.1, 0.15) is 0 Å². The van der Waals surface area contributed by atoms with Crippen molar-refractivity contribution in [2.75, 3.05) is 5.32 Å². The lowest BCUT2D eigenvalue weighted by atomic mass is 10.2. The Morgan fingerprint density at radius 1 is 1.24 bits per heavy atom. The molecule has 0 spiro atoms. The van der Waals surface area contributed by atoms with Crippen LogP contribution in [0.3, 0.4) is 0 Å². The van der Waals surface area contributed by atoms with Crippen molar-refractivity contribution in [2.45, 2.75) is 0 Å². The molecule has 1 amide bonds. The zero-order valence-corrected chi connectivity index (χ0v) is 9.02. The van der Waals surface area contributed by atoms with Gasteiger partial charge in [0.25, 0.3) is 5.91 Å². The van der Waals surface area contributed by atoms with Gasteiger partial charge in [-0.2, -0.15) is 0 Å². The predicted octanol–water partition coefficient (Wildman–Crippen LogP) is 2.81. The van der Waals surface area contributed by atoms with Gasteiger partial charge in [-0.1, -0.05) is 0 Å². The van der Waals surface area contributed by atoms with Gasteiger partial charge in [0.05, 0.1) is 5.56 Å². The number of carbonyl (C=O) groups excluding carboxylic acids is 1. The smallest absolute Gasteiger partial charge is 0.260 e. The van der Waals surface area contributed by atoms with Crippen molar-refractivity contribution < 1.29 is 18.0 Å². The van der Waals surface area contributed by atoms with Gasteiger partial charge in [0.2, 0.25) is 0 Å². The van der Waals surface area contributed by atoms with Crippen molar-refractivity contribution >= 4 is 22.4 Å². The maximum atomic E-state index is 13.2. The van der Waals surface area contributed by atoms with Crippen LogP contribution in [0.25, 0.3) is 0 Å². The minimum absolute atomic E-state index is 0.249. The first-order valence-corrected chi connectivity index (χ1v) is 5.32. The summed E-state index contributed by atoms with van der Waals surface area (Å²) < 4.78 is 38.8. The summed E-state index contributed by atoms with van der Waals surface area (Å²) in [6.45, 7) is 0. The summed E-state index contributed by atoms with van der Waals surface area (Å²) in [5.41, 5.74) is -0.570. The maximum Gasteiger partial charge on any atom is 0.260 e. The zero-order chi connectivity index (χ0) is 12.4. The first-order valence-electron chi connectivity index (χ1n) is 4.44. The van der Waals surface area contributed by atoms with Gasteiger partial charge < -0.3 is 0 Å². The molecule has 0 aliphatic rings. The lowest BCUT2D eigenvalue weighted by molar-refractivity contribution is 0.102. The van der Waals surface area contributed by atoms with Gasteiger partial charge in [0.15, 0.2) is 22.6 Å². The van der Waals surface area contributed by atoms with Gasteiger partial charge in [-0.25, -0.2) is 18.2 Å². The zero-order valence-electron chi connectivity index (χ0n) is 8.21. The Balaban J connectivity index is 2.29. The molecule has 0 saturated carbocycles. The molecular formula is C10H5F3N2OS. The van der Waals surface area contributed by atoms with Gasteiger partial charge in [0, 0.05) is 11.6 Å². The molecule has 2 aromatic rings. The number of anilines is 1. The Kier molecular flexibility index (Phi) is 3.10. The van der Waals surface area contributed by atoms with Crippen LogP contribution in [0, 0.1) is 17.5 Å². The maximum absolute atomic E-state index is 13.2. The van der Waals surface area contributed by atoms with E-state index >= 15 is 0 Å². The van der Waals surface area contributed by atoms with Crippen LogP contribution in [0.5, 0.6) is 0 Å². The average molecular weight is 258 g/mol. The van der Waals surface area contributed by atoms with E-state index in [0.29, 0.717) is 6.07 Å². The molecule has 88 valence electrons. The molecule has 0 atom stereocenters. The average Bonchev–Trinajstić information content (AvgIpc) is 2.78. The molecule has 0 saturated heterocycles. The lowest BCUT2D eigenvalue weighted by Crippen LogP contribution is -2.14. The first kappa shape index (κ1) is 11.6. The first-order chi connectivity index (χ1) is 8.09. The Hall–Kier alpha value is -1.89. The largest absolute Gasteiger partial charge is 0.298 e. The van der Waals surface area contributed by atoms with Crippen molar-refractivity contribution in [3.63, 3.8) is 0 Å². The third kappa shape index (κ3) is 2.28. The minimum Gasteiger partial charge on any atom is -0.298 e. The van der Waals surface area contributed by atoms with Gasteiger partial charge in [-0.15, -0.1) is 11.3 Å². The molecule has 1 aromatic heterocycles. The summed E-state index contributed by atoms with van der Waals surface area (Å²) in [4.78, 5) is 15.3. The quantitative estimate of drug-likeness (QED) is 0.841. The van der Waals surface area contributed by atoms with Crippen molar-refractivity contribution in [3.8, 4) is 0 Å². The monoisotopic (exact) mass is 258 g/mol. The van der Waals surface area contributed by atoms with Gasteiger partial charge in [-0.3, -0.25) is 10.1 Å². The van der Waals surface area contributed by atoms with Gasteiger partial charge >= 0.3 is 0 Å². The summed E-state index contributed by atoms with van der Waals surface area (Å²) in [5, 5.41) is 4.12. The van der Waals surface area contributed by atoms with E-state index in [1.807, 2.05) is 0 Å². The van der Waals surface area contributed by atoms with Crippen LogP contribution in [0.15, 0.2) is 23.7 Å². The lowest BCUT2D eigenvalue weighted by Gasteiger charge is -2.04. The highest BCUT2D eigenvalue weighted by Gasteiger charge is 2.19. The Labute approximate surface area is 97.9 Å². The summed E-state index contributed by atoms with van der Waals surface area (Å²) in [5.74, 6) is -5.40. The van der Waals surface area contributed by atoms with E-state index in [9.17, 15) is 18.0 Å². The van der Waals surface area contributed by atoms with Crippen LogP contribution in [-0.4, -0.2) is 10.9 Å². The van der Waals surface area contributed by atoms with Crippen LogP contribution in [0.2, 0.25) is 0 Å². The van der Waals surface area contributed by atoms with Crippen LogP contribution < -0.4 is 5.32 Å². The van der Waals surface area contributed by atoms with Crippen LogP contribution in [0.1, 0.15) is 10.4 Å². The standard InChI is InChI=1S/C10H5F3N2OS/c11-6-2-1-5(7(12)8(6)13)9(16)15-10-14-3-4-17-10/h1-4H,(H,14,15,16). The number of nitrogens with one attached hydrogen (secondary N) is 1. The number of hydrogen-bond donors (Lipinski definition) is 1. The second-order valence-electron chi connectivity index (χ2n) is 3.01. The van der Waals surface area contributed by atoms with E-state index < -0.39 is 28.9 Å². The number of aromatic nitrogens is 1. The number of rotatable bonds is 2. The van der Waals surface area contributed by atoms with Crippen molar-refractivity contribution in [2.24, 2.45) is 0 Å². The Bertz CT molecular complexity index is 557. The molecule has 0 unspecified atom stereocenters. The number of nitrogens with zero attached hydrogens (tertiary/aromatic N) is 1. The van der Waals surface area contributed by atoms with E-state index in [2.05, 4.69) is 10.3 Å². The molecule has 0 fully saturated rings. The molecule has 1 heterocycles. The van der Waals surface area contributed by atoms with Crippen LogP contribution in [-0.2, 0) is 0 Å². The summed E-state index contributed by atoms with van der Waals surface area (Å²) in [6.07, 6.45) is 1.45. The molecule has 3 nitrogen and oxygen atoms in total. The number of thiazole rings is 1. The van der Waals surface area contributed by atoms with Crippen molar-refractivity contribution in [1.29, 1.82) is 0 Å². The molecule has 0 aliphatic carbocycles. The molecule has 2 rings (SSSR count). The number of hydrogen-bond acceptors (Lipinski definition) is 3. The molecule has 0 radical (unpaired) electrons. The number of amides is 1. The molecule has 1 N–H and O–H groups in total. The fourth-order valence-electron chi connectivity index (χ4n) is 1.15. The molecule has 1 aromatic carbocycles. The SMILES string of the molecule is O=C(Nc1nccs1)c1ccc(F)c(F)c1F. The third-order valence-corrected chi connectivity index (χ3v) is 2.62. The summed E-state index contributed by atoms with van der Waals surface area (Å²) >= 11 is 1.13. The molecular weight excluding hydrogens is 253 g/mol. The predicted molar refractivity (Wildman–Crippen MR) is 56.4 cm³/mol. The van der Waals surface area contributed by atoms with Crippen molar-refractivity contribution in [3.05, 3.63) is 46.7 Å². The highest BCUT2D eigenvalue weighted by Crippen LogP contribution is 2.17. The topological polar surface area (TPSA) is 42.0 Å².